The van der Waals surface area contributed by atoms with Crippen molar-refractivity contribution in [3.05, 3.63) is 28.8 Å². The molecule has 1 saturated heterocycles. The fraction of sp³-hybridized carbons (Fsp3) is 0.526. The monoisotopic (exact) mass is 376 g/mol. The van der Waals surface area contributed by atoms with Crippen LogP contribution in [-0.4, -0.2) is 49.9 Å². The van der Waals surface area contributed by atoms with E-state index in [2.05, 4.69) is 11.4 Å². The topological polar surface area (TPSA) is 76.4 Å². The van der Waals surface area contributed by atoms with Gasteiger partial charge < -0.3 is 15.1 Å². The lowest BCUT2D eigenvalue weighted by Crippen LogP contribution is -2.48. The number of nitrogens with one attached hydrogen (secondary N) is 1. The minimum atomic E-state index is -0.144. The van der Waals surface area contributed by atoms with Gasteiger partial charge >= 0.3 is 0 Å². The summed E-state index contributed by atoms with van der Waals surface area (Å²) in [6.45, 7) is 3.95. The Hall–Kier alpha value is -2.26. The van der Waals surface area contributed by atoms with Gasteiger partial charge in [-0.1, -0.05) is 18.5 Å². The van der Waals surface area contributed by atoms with Gasteiger partial charge in [-0.25, -0.2) is 0 Å². The Kier molecular flexibility index (Phi) is 7.28. The number of nitrogens with zero attached hydrogens (tertiary/aromatic N) is 3. The van der Waals surface area contributed by atoms with Crippen molar-refractivity contribution in [3.8, 4) is 6.07 Å². The van der Waals surface area contributed by atoms with E-state index in [0.29, 0.717) is 35.9 Å². The number of likely N-dealkylation sites (N-methyl/N-ethyl adjacent to an activating group) is 1. The van der Waals surface area contributed by atoms with Crippen molar-refractivity contribution in [1.29, 1.82) is 5.26 Å². The van der Waals surface area contributed by atoms with E-state index in [-0.39, 0.29) is 24.3 Å². The van der Waals surface area contributed by atoms with E-state index in [4.69, 9.17) is 11.6 Å². The summed E-state index contributed by atoms with van der Waals surface area (Å²) in [4.78, 5) is 28.3. The zero-order valence-corrected chi connectivity index (χ0v) is 16.1. The normalized spacial score (nSPS) is 16.7. The molecule has 1 heterocycles. The summed E-state index contributed by atoms with van der Waals surface area (Å²) in [5, 5.41) is 12.7. The van der Waals surface area contributed by atoms with Crippen LogP contribution >= 0.6 is 11.6 Å². The Morgan fingerprint density at radius 1 is 1.46 bits per heavy atom. The summed E-state index contributed by atoms with van der Waals surface area (Å²) in [5.74, 6) is -0.156. The highest BCUT2D eigenvalue weighted by Gasteiger charge is 2.28. The van der Waals surface area contributed by atoms with Gasteiger partial charge in [0.25, 0.3) is 0 Å². The lowest BCUT2D eigenvalue weighted by molar-refractivity contribution is -0.134. The predicted molar refractivity (Wildman–Crippen MR) is 102 cm³/mol. The van der Waals surface area contributed by atoms with Crippen LogP contribution < -0.4 is 10.2 Å². The largest absolute Gasteiger partial charge is 0.364 e. The van der Waals surface area contributed by atoms with Crippen molar-refractivity contribution in [3.63, 3.8) is 0 Å². The van der Waals surface area contributed by atoms with Gasteiger partial charge in [-0.05, 0) is 37.5 Å². The number of piperidine rings is 1. The minimum Gasteiger partial charge on any atom is -0.364 e. The molecule has 0 aliphatic carbocycles. The smallest absolute Gasteiger partial charge is 0.242 e. The number of rotatable bonds is 6. The van der Waals surface area contributed by atoms with Crippen LogP contribution in [0, 0.1) is 17.2 Å². The molecule has 0 spiro atoms. The van der Waals surface area contributed by atoms with Gasteiger partial charge in [0.15, 0.2) is 0 Å². The summed E-state index contributed by atoms with van der Waals surface area (Å²) < 4.78 is 0. The summed E-state index contributed by atoms with van der Waals surface area (Å²) in [6, 6.07) is 7.14. The number of hydrogen-bond donors (Lipinski definition) is 1. The number of likely N-dealkylation sites (tertiary alicyclic amines) is 1. The Bertz CT molecular complexity index is 701. The maximum atomic E-state index is 12.7. The lowest BCUT2D eigenvalue weighted by Gasteiger charge is -2.33. The lowest BCUT2D eigenvalue weighted by atomic mass is 9.97. The van der Waals surface area contributed by atoms with Crippen molar-refractivity contribution in [2.24, 2.45) is 5.92 Å². The minimum absolute atomic E-state index is 0.0298. The van der Waals surface area contributed by atoms with Gasteiger partial charge in [0, 0.05) is 31.7 Å². The molecule has 1 N–H and O–H groups in total. The second kappa shape index (κ2) is 9.44. The molecule has 0 bridgehead atoms. The summed E-state index contributed by atoms with van der Waals surface area (Å²) in [7, 11) is 1.78. The third-order valence-electron chi connectivity index (χ3n) is 4.56. The average molecular weight is 377 g/mol. The van der Waals surface area contributed by atoms with Crippen LogP contribution in [0.15, 0.2) is 18.2 Å². The number of anilines is 1. The van der Waals surface area contributed by atoms with Crippen LogP contribution in [0.1, 0.15) is 31.7 Å². The molecular formula is C19H25ClN4O2. The average Bonchev–Trinajstić information content (AvgIpc) is 2.65. The van der Waals surface area contributed by atoms with Crippen LogP contribution in [0.3, 0.4) is 0 Å². The van der Waals surface area contributed by atoms with Gasteiger partial charge in [0.05, 0.1) is 23.7 Å². The highest BCUT2D eigenvalue weighted by atomic mass is 35.5. The van der Waals surface area contributed by atoms with Gasteiger partial charge in [0.2, 0.25) is 11.8 Å². The van der Waals surface area contributed by atoms with Crippen molar-refractivity contribution in [1.82, 2.24) is 10.2 Å². The zero-order valence-electron chi connectivity index (χ0n) is 15.3. The molecule has 1 aromatic rings. The Morgan fingerprint density at radius 2 is 2.23 bits per heavy atom. The summed E-state index contributed by atoms with van der Waals surface area (Å²) >= 11 is 5.93. The third-order valence-corrected chi connectivity index (χ3v) is 4.79. The van der Waals surface area contributed by atoms with Gasteiger partial charge in [-0.2, -0.15) is 5.26 Å². The molecule has 7 heteroatoms. The Labute approximate surface area is 159 Å². The third kappa shape index (κ3) is 5.12. The van der Waals surface area contributed by atoms with E-state index >= 15 is 0 Å². The summed E-state index contributed by atoms with van der Waals surface area (Å²) in [6.07, 6.45) is 2.53. The second-order valence-corrected chi connectivity index (χ2v) is 7.04. The first-order valence-electron chi connectivity index (χ1n) is 8.92. The molecule has 0 saturated carbocycles. The fourth-order valence-electron chi connectivity index (χ4n) is 3.13. The van der Waals surface area contributed by atoms with Crippen molar-refractivity contribution in [2.45, 2.75) is 26.2 Å². The van der Waals surface area contributed by atoms with E-state index in [1.807, 2.05) is 6.92 Å². The van der Waals surface area contributed by atoms with E-state index in [9.17, 15) is 14.9 Å². The van der Waals surface area contributed by atoms with Crippen LogP contribution in [-0.2, 0) is 9.59 Å². The molecule has 140 valence electrons. The Morgan fingerprint density at radius 3 is 2.92 bits per heavy atom. The second-order valence-electron chi connectivity index (χ2n) is 6.60. The molecule has 1 aliphatic rings. The van der Waals surface area contributed by atoms with Crippen molar-refractivity contribution in [2.75, 3.05) is 38.1 Å². The van der Waals surface area contributed by atoms with Crippen LogP contribution in [0.25, 0.3) is 0 Å². The molecule has 1 unspecified atom stereocenters. The van der Waals surface area contributed by atoms with E-state index in [0.717, 1.165) is 19.3 Å². The number of hydrogen-bond acceptors (Lipinski definition) is 4. The molecule has 1 aromatic carbocycles. The number of carbonyl (C=O) groups is 2. The van der Waals surface area contributed by atoms with Crippen molar-refractivity contribution >= 4 is 29.1 Å². The van der Waals surface area contributed by atoms with Gasteiger partial charge in [-0.15, -0.1) is 0 Å². The van der Waals surface area contributed by atoms with Crippen molar-refractivity contribution < 1.29 is 9.59 Å². The standard InChI is InChI=1S/C19H25ClN4O2/c1-3-8-22-19(26)14-5-4-9-24(12-14)18(25)13-23(2)17-7-6-16(20)10-15(17)11-21/h6-7,10,14H,3-5,8-9,12-13H2,1-2H3,(H,22,26). The molecule has 0 aromatic heterocycles. The number of benzene rings is 1. The molecule has 0 radical (unpaired) electrons. The number of amides is 2. The van der Waals surface area contributed by atoms with E-state index < -0.39 is 0 Å². The summed E-state index contributed by atoms with van der Waals surface area (Å²) in [5.41, 5.74) is 1.10. The first kappa shape index (κ1) is 20.1. The van der Waals surface area contributed by atoms with Gasteiger partial charge in [0.1, 0.15) is 6.07 Å². The van der Waals surface area contributed by atoms with Crippen LogP contribution in [0.4, 0.5) is 5.69 Å². The number of carbonyl (C=O) groups excluding carboxylic acids is 2. The van der Waals surface area contributed by atoms with Crippen LogP contribution in [0.2, 0.25) is 5.02 Å². The fourth-order valence-corrected chi connectivity index (χ4v) is 3.30. The molecular weight excluding hydrogens is 352 g/mol. The highest BCUT2D eigenvalue weighted by molar-refractivity contribution is 6.30. The molecule has 1 aliphatic heterocycles. The highest BCUT2D eigenvalue weighted by Crippen LogP contribution is 2.23. The molecule has 2 rings (SSSR count). The molecule has 2 amide bonds. The van der Waals surface area contributed by atoms with Crippen LogP contribution in [0.5, 0.6) is 0 Å². The number of halogens is 1. The maximum Gasteiger partial charge on any atom is 0.242 e. The Balaban J connectivity index is 1.98. The molecule has 26 heavy (non-hydrogen) atoms. The zero-order chi connectivity index (χ0) is 19.1. The molecule has 6 nitrogen and oxygen atoms in total. The SMILES string of the molecule is CCCNC(=O)C1CCCN(C(=O)CN(C)c2ccc(Cl)cc2C#N)C1. The van der Waals surface area contributed by atoms with Gasteiger partial charge in [-0.3, -0.25) is 9.59 Å². The number of nitriles is 1. The molecule has 1 atom stereocenters. The van der Waals surface area contributed by atoms with E-state index in [1.54, 1.807) is 35.0 Å². The van der Waals surface area contributed by atoms with E-state index in [1.165, 1.54) is 0 Å². The quantitative estimate of drug-likeness (QED) is 0.827. The maximum absolute atomic E-state index is 12.7. The first-order chi connectivity index (χ1) is 12.5. The molecule has 1 fully saturated rings. The predicted octanol–water partition coefficient (Wildman–Crippen LogP) is 2.41. The first-order valence-corrected chi connectivity index (χ1v) is 9.30.